The largest absolute Gasteiger partial charge is 0.507 e. The van der Waals surface area contributed by atoms with E-state index in [2.05, 4.69) is 5.32 Å². The van der Waals surface area contributed by atoms with E-state index >= 15 is 0 Å². The summed E-state index contributed by atoms with van der Waals surface area (Å²) in [7, 11) is 4.49. The van der Waals surface area contributed by atoms with Crippen LogP contribution in [0.15, 0.2) is 42.2 Å². The number of benzene rings is 2. The lowest BCUT2D eigenvalue weighted by molar-refractivity contribution is -0.160. The van der Waals surface area contributed by atoms with Gasteiger partial charge in [-0.15, -0.1) is 0 Å². The van der Waals surface area contributed by atoms with Crippen molar-refractivity contribution in [1.29, 1.82) is 0 Å². The number of anilines is 1. The van der Waals surface area contributed by atoms with Gasteiger partial charge >= 0.3 is 11.8 Å². The van der Waals surface area contributed by atoms with E-state index in [9.17, 15) is 39.6 Å². The molecule has 0 saturated heterocycles. The topological polar surface area (TPSA) is 211 Å². The average Bonchev–Trinajstić information content (AvgIpc) is 3.41. The number of aromatic hydroxyl groups is 2. The standard InChI is InChI=1S/C41H54N2O13/c1-19-13-12-14-20(2)40(51)42-26-17-28(53-18-29(45)43(9)10)30-31(36(26)49)35(48)24(6)38-32(30)39(50)41(8,56-38)54-16-15-27(52-11)21(3)37(55-25(7)44)23(5)34(47)22(4)33(19)46/h12-17,19,21-23,27,33-34,37,46-49H,18H2,1-11H3,(H,42,51)/b13-12+,16-15+,20-14-/t19-,21-,22-,23-,27+,33-,34+,37-,41+/m1/s1. The SMILES string of the molecule is CO[C@H]1/C=C/O[C@@]2(C)Oc3c(C)c(O)c4c(O)c(cc(OCC(=O)N(C)C)c4c3C2=O)NC(=O)/C(C)=C\C=C\[C@@H](C)[C@@H](O)[C@@H](C)[C@H](O)[C@@H](C)[C@H](OC(C)=O)[C@@H]1C. The lowest BCUT2D eigenvalue weighted by atomic mass is 9.78. The number of carbonyl (C=O) groups excluding carboxylic acids is 4. The van der Waals surface area contributed by atoms with Gasteiger partial charge in [-0.3, -0.25) is 19.2 Å². The molecule has 5 N–H and O–H groups in total. The van der Waals surface area contributed by atoms with Gasteiger partial charge in [-0.05, 0) is 19.9 Å². The van der Waals surface area contributed by atoms with Crippen LogP contribution in [0.25, 0.3) is 10.8 Å². The minimum absolute atomic E-state index is 0.0631. The number of esters is 1. The molecule has 5 rings (SSSR count). The number of nitrogens with zero attached hydrogens (tertiary/aromatic N) is 1. The van der Waals surface area contributed by atoms with Gasteiger partial charge in [0.15, 0.2) is 12.4 Å². The van der Waals surface area contributed by atoms with Gasteiger partial charge in [0.25, 0.3) is 17.6 Å². The fourth-order valence-electron chi connectivity index (χ4n) is 7.02. The van der Waals surface area contributed by atoms with Gasteiger partial charge in [0.05, 0.1) is 41.2 Å². The molecule has 5 bridgehead atoms. The van der Waals surface area contributed by atoms with Gasteiger partial charge in [-0.2, -0.15) is 0 Å². The van der Waals surface area contributed by atoms with Crippen LogP contribution in [0.1, 0.15) is 64.4 Å². The second-order valence-corrected chi connectivity index (χ2v) is 15.0. The Morgan fingerprint density at radius 1 is 0.964 bits per heavy atom. The van der Waals surface area contributed by atoms with Gasteiger partial charge in [-0.1, -0.05) is 45.9 Å². The molecule has 3 heterocycles. The predicted octanol–water partition coefficient (Wildman–Crippen LogP) is 4.52. The predicted molar refractivity (Wildman–Crippen MR) is 206 cm³/mol. The Balaban J connectivity index is 1.94. The molecule has 2 aromatic carbocycles. The molecule has 0 fully saturated rings. The van der Waals surface area contributed by atoms with Crippen molar-refractivity contribution in [2.24, 2.45) is 23.7 Å². The fourth-order valence-corrected chi connectivity index (χ4v) is 7.02. The smallest absolute Gasteiger partial charge is 0.312 e. The Bertz CT molecular complexity index is 1950. The van der Waals surface area contributed by atoms with Gasteiger partial charge in [0.2, 0.25) is 0 Å². The molecule has 15 nitrogen and oxygen atoms in total. The van der Waals surface area contributed by atoms with Crippen LogP contribution < -0.4 is 14.8 Å². The Morgan fingerprint density at radius 2 is 1.62 bits per heavy atom. The third kappa shape index (κ3) is 8.64. The van der Waals surface area contributed by atoms with Gasteiger partial charge in [-0.25, -0.2) is 0 Å². The molecule has 0 aliphatic carbocycles. The normalized spacial score (nSPS) is 30.8. The number of hydrogen-bond acceptors (Lipinski definition) is 13. The summed E-state index contributed by atoms with van der Waals surface area (Å²) >= 11 is 0. The van der Waals surface area contributed by atoms with Crippen molar-refractivity contribution in [3.8, 4) is 23.0 Å². The van der Waals surface area contributed by atoms with E-state index in [4.69, 9.17) is 23.7 Å². The maximum absolute atomic E-state index is 14.4. The molecule has 56 heavy (non-hydrogen) atoms. The monoisotopic (exact) mass is 782 g/mol. The molecule has 15 heteroatoms. The number of carbonyl (C=O) groups is 4. The summed E-state index contributed by atoms with van der Waals surface area (Å²) in [5.74, 6) is -8.12. The number of fused-ring (bicyclic) bond motifs is 14. The number of aliphatic hydroxyl groups is 2. The van der Waals surface area contributed by atoms with Crippen molar-refractivity contribution < 1.29 is 63.3 Å². The maximum atomic E-state index is 14.4. The second-order valence-electron chi connectivity index (χ2n) is 15.0. The fraction of sp³-hybridized carbons (Fsp3) is 0.512. The zero-order valence-electron chi connectivity index (χ0n) is 33.7. The highest BCUT2D eigenvalue weighted by Gasteiger charge is 2.49. The number of amides is 2. The minimum Gasteiger partial charge on any atom is -0.507 e. The number of ketones is 1. The van der Waals surface area contributed by atoms with Crippen molar-refractivity contribution in [1.82, 2.24) is 4.90 Å². The number of likely N-dealkylation sites (N-methyl/N-ethyl adjacent to an activating group) is 1. The van der Waals surface area contributed by atoms with Crippen LogP contribution in [0.3, 0.4) is 0 Å². The molecule has 0 spiro atoms. The van der Waals surface area contributed by atoms with Crippen LogP contribution in [-0.4, -0.2) is 107 Å². The van der Waals surface area contributed by atoms with E-state index in [1.807, 2.05) is 0 Å². The van der Waals surface area contributed by atoms with Crippen molar-refractivity contribution in [3.05, 3.63) is 53.3 Å². The molecule has 306 valence electrons. The summed E-state index contributed by atoms with van der Waals surface area (Å²) in [4.78, 5) is 54.0. The van der Waals surface area contributed by atoms with Crippen molar-refractivity contribution in [2.75, 3.05) is 33.1 Å². The summed E-state index contributed by atoms with van der Waals surface area (Å²) in [5.41, 5.74) is -0.0315. The molecular formula is C41H54N2O13. The zero-order valence-corrected chi connectivity index (χ0v) is 33.7. The number of Topliss-reactive ketones (excluding diaryl/α,β-unsaturated/α-hetero) is 1. The number of phenolic OH excluding ortho intramolecular Hbond substituents is 2. The number of allylic oxidation sites excluding steroid dienone is 2. The molecule has 0 aromatic heterocycles. The molecule has 0 unspecified atom stereocenters. The summed E-state index contributed by atoms with van der Waals surface area (Å²) in [6, 6.07) is 1.25. The van der Waals surface area contributed by atoms with E-state index in [1.54, 1.807) is 39.8 Å². The number of nitrogens with one attached hydrogen (secondary N) is 1. The molecule has 0 saturated carbocycles. The summed E-state index contributed by atoms with van der Waals surface area (Å²) in [6.07, 6.45) is 3.57. The van der Waals surface area contributed by atoms with Crippen molar-refractivity contribution >= 4 is 40.0 Å². The Morgan fingerprint density at radius 3 is 2.23 bits per heavy atom. The second kappa shape index (κ2) is 17.3. The maximum Gasteiger partial charge on any atom is 0.312 e. The number of hydrogen-bond donors (Lipinski definition) is 5. The summed E-state index contributed by atoms with van der Waals surface area (Å²) in [5, 5.41) is 48.1. The highest BCUT2D eigenvalue weighted by Crippen LogP contribution is 2.54. The van der Waals surface area contributed by atoms with Crippen LogP contribution in [0.5, 0.6) is 23.0 Å². The van der Waals surface area contributed by atoms with Gasteiger partial charge < -0.3 is 54.3 Å². The van der Waals surface area contributed by atoms with Crippen molar-refractivity contribution in [2.45, 2.75) is 85.6 Å². The first kappa shape index (κ1) is 43.6. The van der Waals surface area contributed by atoms with E-state index in [-0.39, 0.29) is 44.7 Å². The van der Waals surface area contributed by atoms with E-state index in [1.165, 1.54) is 78.3 Å². The van der Waals surface area contributed by atoms with Crippen LogP contribution in [0.2, 0.25) is 0 Å². The Kier molecular flexibility index (Phi) is 13.5. The molecule has 0 radical (unpaired) electrons. The molecule has 2 amide bonds. The summed E-state index contributed by atoms with van der Waals surface area (Å²) < 4.78 is 29.5. The van der Waals surface area contributed by atoms with Gasteiger partial charge in [0, 0.05) is 81.3 Å². The highest BCUT2D eigenvalue weighted by atomic mass is 16.7. The number of aliphatic hydroxyl groups excluding tert-OH is 2. The summed E-state index contributed by atoms with van der Waals surface area (Å²) in [6.45, 7) is 12.0. The molecule has 9 atom stereocenters. The average molecular weight is 783 g/mol. The van der Waals surface area contributed by atoms with Crippen LogP contribution in [0.4, 0.5) is 5.69 Å². The number of phenols is 2. The van der Waals surface area contributed by atoms with Crippen LogP contribution in [-0.2, 0) is 28.6 Å². The number of ether oxygens (including phenoxy) is 5. The lowest BCUT2D eigenvalue weighted by Gasteiger charge is -2.38. The molecular weight excluding hydrogens is 728 g/mol. The first-order valence-electron chi connectivity index (χ1n) is 18.4. The van der Waals surface area contributed by atoms with E-state index in [0.29, 0.717) is 0 Å². The third-order valence-corrected chi connectivity index (χ3v) is 10.7. The molecule has 3 aliphatic heterocycles. The van der Waals surface area contributed by atoms with Crippen LogP contribution in [0, 0.1) is 30.6 Å². The molecule has 3 aliphatic rings. The van der Waals surface area contributed by atoms with Crippen LogP contribution >= 0.6 is 0 Å². The quantitative estimate of drug-likeness (QED) is 0.209. The number of methoxy groups -OCH3 is 1. The first-order chi connectivity index (χ1) is 26.2. The third-order valence-electron chi connectivity index (χ3n) is 10.7. The lowest BCUT2D eigenvalue weighted by Crippen LogP contribution is -2.46. The zero-order chi connectivity index (χ0) is 42.0. The Labute approximate surface area is 326 Å². The number of rotatable bonds is 5. The highest BCUT2D eigenvalue weighted by molar-refractivity contribution is 6.21. The van der Waals surface area contributed by atoms with E-state index < -0.39 is 95.5 Å². The molecule has 2 aromatic rings. The minimum atomic E-state index is -2.02. The Hall–Kier alpha value is -5.12. The van der Waals surface area contributed by atoms with Crippen molar-refractivity contribution in [3.63, 3.8) is 0 Å². The van der Waals surface area contributed by atoms with E-state index in [0.717, 1.165) is 0 Å². The van der Waals surface area contributed by atoms with Gasteiger partial charge in [0.1, 0.15) is 23.4 Å². The first-order valence-corrected chi connectivity index (χ1v) is 18.4.